The number of fused-ring (bicyclic) bond motifs is 2. The Balaban J connectivity index is 1.75. The normalized spacial score (nSPS) is 12.9. The number of nitrogens with zero attached hydrogens (tertiary/aromatic N) is 3. The zero-order valence-corrected chi connectivity index (χ0v) is 12.8. The van der Waals surface area contributed by atoms with Crippen molar-refractivity contribution in [3.8, 4) is 0 Å². The Morgan fingerprint density at radius 1 is 1.09 bits per heavy atom. The first-order valence-electron chi connectivity index (χ1n) is 7.01. The van der Waals surface area contributed by atoms with Gasteiger partial charge in [-0.2, -0.15) is 5.10 Å². The van der Waals surface area contributed by atoms with Crippen LogP contribution in [0.2, 0.25) is 0 Å². The van der Waals surface area contributed by atoms with Crippen LogP contribution in [-0.4, -0.2) is 15.8 Å². The van der Waals surface area contributed by atoms with E-state index in [2.05, 4.69) is 44.0 Å². The highest BCUT2D eigenvalue weighted by molar-refractivity contribution is 7.16. The molecule has 0 saturated heterocycles. The molecule has 5 heteroatoms. The van der Waals surface area contributed by atoms with E-state index >= 15 is 0 Å². The number of aryl methyl sites for hydroxylation is 1. The van der Waals surface area contributed by atoms with Crippen LogP contribution < -0.4 is 4.80 Å². The Labute approximate surface area is 131 Å². The first-order valence-corrected chi connectivity index (χ1v) is 7.82. The summed E-state index contributed by atoms with van der Waals surface area (Å²) in [5, 5.41) is 9.78. The lowest BCUT2D eigenvalue weighted by atomic mass is 10.2. The number of para-hydroxylation sites is 2. The molecular formula is C17H14N4S. The zero-order valence-electron chi connectivity index (χ0n) is 12.0. The summed E-state index contributed by atoms with van der Waals surface area (Å²) in [6, 6.07) is 16.4. The first-order chi connectivity index (χ1) is 10.8. The lowest BCUT2D eigenvalue weighted by molar-refractivity contribution is 0.889. The number of H-pyrrole nitrogens is 1. The van der Waals surface area contributed by atoms with E-state index < -0.39 is 0 Å². The molecule has 0 unspecified atom stereocenters. The highest BCUT2D eigenvalue weighted by atomic mass is 32.1. The number of nitrogens with one attached hydrogen (secondary N) is 1. The maximum atomic E-state index is 4.36. The molecule has 1 N–H and O–H groups in total. The smallest absolute Gasteiger partial charge is 0.211 e. The van der Waals surface area contributed by atoms with Crippen LogP contribution in [0.1, 0.15) is 5.56 Å². The van der Waals surface area contributed by atoms with Crippen molar-refractivity contribution in [1.82, 2.24) is 9.55 Å². The Bertz CT molecular complexity index is 1050. The molecule has 108 valence electrons. The summed E-state index contributed by atoms with van der Waals surface area (Å²) >= 11 is 1.64. The van der Waals surface area contributed by atoms with E-state index in [9.17, 15) is 0 Å². The fourth-order valence-electron chi connectivity index (χ4n) is 2.52. The minimum Gasteiger partial charge on any atom is -0.361 e. The standard InChI is InChI=1S/C17H14N4S/c1-21-15-8-4-5-9-16(15)22-17(21)20-19-11-12-10-18-14-7-3-2-6-13(12)14/h2-11,18H,1H3. The Morgan fingerprint density at radius 2 is 1.91 bits per heavy atom. The molecule has 0 spiro atoms. The molecule has 0 radical (unpaired) electrons. The van der Waals surface area contributed by atoms with Gasteiger partial charge in [-0.3, -0.25) is 0 Å². The van der Waals surface area contributed by atoms with Gasteiger partial charge in [0.2, 0.25) is 4.80 Å². The fourth-order valence-corrected chi connectivity index (χ4v) is 3.50. The summed E-state index contributed by atoms with van der Waals surface area (Å²) in [6.45, 7) is 0. The van der Waals surface area contributed by atoms with Gasteiger partial charge in [0.15, 0.2) is 0 Å². The molecule has 4 nitrogen and oxygen atoms in total. The quantitative estimate of drug-likeness (QED) is 0.434. The zero-order chi connectivity index (χ0) is 14.9. The maximum Gasteiger partial charge on any atom is 0.211 e. The van der Waals surface area contributed by atoms with Crippen LogP contribution in [0.5, 0.6) is 0 Å². The van der Waals surface area contributed by atoms with Crippen molar-refractivity contribution in [1.29, 1.82) is 0 Å². The average Bonchev–Trinajstić information content (AvgIpc) is 3.10. The molecule has 0 atom stereocenters. The minimum atomic E-state index is 0.886. The second kappa shape index (κ2) is 5.27. The summed E-state index contributed by atoms with van der Waals surface area (Å²) < 4.78 is 3.28. The third-order valence-electron chi connectivity index (χ3n) is 3.68. The number of aromatic amines is 1. The summed E-state index contributed by atoms with van der Waals surface area (Å²) in [5.74, 6) is 0. The predicted molar refractivity (Wildman–Crippen MR) is 92.3 cm³/mol. The van der Waals surface area contributed by atoms with Crippen LogP contribution in [0.3, 0.4) is 0 Å². The van der Waals surface area contributed by atoms with Crippen molar-refractivity contribution in [3.63, 3.8) is 0 Å². The van der Waals surface area contributed by atoms with E-state index in [0.717, 1.165) is 21.3 Å². The number of rotatable bonds is 2. The molecule has 0 aliphatic heterocycles. The van der Waals surface area contributed by atoms with Gasteiger partial charge in [0.1, 0.15) is 0 Å². The lowest BCUT2D eigenvalue weighted by Gasteiger charge is -1.92. The van der Waals surface area contributed by atoms with Crippen molar-refractivity contribution in [2.75, 3.05) is 0 Å². The molecule has 4 rings (SSSR count). The number of hydrogen-bond donors (Lipinski definition) is 1. The SMILES string of the molecule is Cn1c(=NN=Cc2c[nH]c3ccccc23)sc2ccccc21. The van der Waals surface area contributed by atoms with Crippen LogP contribution in [0.25, 0.3) is 21.1 Å². The van der Waals surface area contributed by atoms with Gasteiger partial charge in [-0.05, 0) is 18.2 Å². The molecule has 0 amide bonds. The molecule has 22 heavy (non-hydrogen) atoms. The van der Waals surface area contributed by atoms with E-state index in [1.807, 2.05) is 37.5 Å². The molecular weight excluding hydrogens is 292 g/mol. The third kappa shape index (κ3) is 2.16. The van der Waals surface area contributed by atoms with Crippen LogP contribution >= 0.6 is 11.3 Å². The molecule has 0 aliphatic rings. The predicted octanol–water partition coefficient (Wildman–Crippen LogP) is 3.66. The molecule has 0 saturated carbocycles. The van der Waals surface area contributed by atoms with Gasteiger partial charge in [0.05, 0.1) is 16.4 Å². The summed E-state index contributed by atoms with van der Waals surface area (Å²) in [4.78, 5) is 4.12. The molecule has 4 aromatic rings. The van der Waals surface area contributed by atoms with Crippen molar-refractivity contribution >= 4 is 38.7 Å². The molecule has 2 aromatic heterocycles. The number of benzene rings is 2. The van der Waals surface area contributed by atoms with E-state index in [0.29, 0.717) is 0 Å². The summed E-state index contributed by atoms with van der Waals surface area (Å²) in [5.41, 5.74) is 3.33. The van der Waals surface area contributed by atoms with Crippen molar-refractivity contribution in [2.24, 2.45) is 17.3 Å². The number of aromatic nitrogens is 2. The molecule has 2 aromatic carbocycles. The fraction of sp³-hybridized carbons (Fsp3) is 0.0588. The topological polar surface area (TPSA) is 45.4 Å². The minimum absolute atomic E-state index is 0.886. The lowest BCUT2D eigenvalue weighted by Crippen LogP contribution is -2.08. The summed E-state index contributed by atoms with van der Waals surface area (Å²) in [6.07, 6.45) is 3.75. The molecule has 2 heterocycles. The van der Waals surface area contributed by atoms with Crippen LogP contribution in [0.4, 0.5) is 0 Å². The monoisotopic (exact) mass is 306 g/mol. The van der Waals surface area contributed by atoms with Crippen molar-refractivity contribution in [2.45, 2.75) is 0 Å². The third-order valence-corrected chi connectivity index (χ3v) is 4.78. The van der Waals surface area contributed by atoms with Gasteiger partial charge in [-0.25, -0.2) is 0 Å². The number of hydrogen-bond acceptors (Lipinski definition) is 3. The van der Waals surface area contributed by atoms with E-state index in [1.54, 1.807) is 17.6 Å². The van der Waals surface area contributed by atoms with E-state index in [1.165, 1.54) is 10.2 Å². The van der Waals surface area contributed by atoms with E-state index in [-0.39, 0.29) is 0 Å². The molecule has 0 fully saturated rings. The van der Waals surface area contributed by atoms with Crippen LogP contribution in [-0.2, 0) is 7.05 Å². The second-order valence-corrected chi connectivity index (χ2v) is 6.05. The summed E-state index contributed by atoms with van der Waals surface area (Å²) in [7, 11) is 2.01. The van der Waals surface area contributed by atoms with Gasteiger partial charge in [-0.1, -0.05) is 41.7 Å². The van der Waals surface area contributed by atoms with Gasteiger partial charge in [0, 0.05) is 29.7 Å². The second-order valence-electron chi connectivity index (χ2n) is 5.05. The molecule has 0 aliphatic carbocycles. The number of thiazole rings is 1. The largest absolute Gasteiger partial charge is 0.361 e. The first kappa shape index (κ1) is 13.0. The Kier molecular flexibility index (Phi) is 3.12. The van der Waals surface area contributed by atoms with Gasteiger partial charge in [-0.15, -0.1) is 5.10 Å². The van der Waals surface area contributed by atoms with E-state index in [4.69, 9.17) is 0 Å². The van der Waals surface area contributed by atoms with Crippen LogP contribution in [0.15, 0.2) is 64.9 Å². The van der Waals surface area contributed by atoms with Gasteiger partial charge < -0.3 is 9.55 Å². The maximum absolute atomic E-state index is 4.36. The average molecular weight is 306 g/mol. The Morgan fingerprint density at radius 3 is 2.82 bits per heavy atom. The van der Waals surface area contributed by atoms with Crippen molar-refractivity contribution in [3.05, 3.63) is 65.1 Å². The highest BCUT2D eigenvalue weighted by Crippen LogP contribution is 2.16. The highest BCUT2D eigenvalue weighted by Gasteiger charge is 2.01. The molecule has 0 bridgehead atoms. The van der Waals surface area contributed by atoms with Gasteiger partial charge in [0.25, 0.3) is 0 Å². The van der Waals surface area contributed by atoms with Gasteiger partial charge >= 0.3 is 0 Å². The van der Waals surface area contributed by atoms with Crippen molar-refractivity contribution < 1.29 is 0 Å². The van der Waals surface area contributed by atoms with Crippen LogP contribution in [0, 0.1) is 0 Å². The Hall–Kier alpha value is -2.66.